The molecule has 0 spiro atoms. The fourth-order valence-corrected chi connectivity index (χ4v) is 2.84. The van der Waals surface area contributed by atoms with Gasteiger partial charge in [0.1, 0.15) is 6.10 Å². The number of quaternary nitrogens is 1. The molecule has 106 valence electrons. The second-order valence-electron chi connectivity index (χ2n) is 7.30. The monoisotopic (exact) mass is 256 g/mol. The number of rotatable bonds is 4. The highest BCUT2D eigenvalue weighted by Gasteiger charge is 2.34. The maximum Gasteiger partial charge on any atom is 0.362 e. The van der Waals surface area contributed by atoms with Gasteiger partial charge in [-0.3, -0.25) is 0 Å². The van der Waals surface area contributed by atoms with Crippen molar-refractivity contribution in [3.8, 4) is 0 Å². The second kappa shape index (κ2) is 6.05. The summed E-state index contributed by atoms with van der Waals surface area (Å²) in [5, 5.41) is 0. The molecule has 0 amide bonds. The Hall–Kier alpha value is -0.570. The van der Waals surface area contributed by atoms with Gasteiger partial charge in [-0.05, 0) is 30.6 Å². The maximum absolute atomic E-state index is 12.0. The van der Waals surface area contributed by atoms with Crippen LogP contribution in [0.4, 0.5) is 0 Å². The summed E-state index contributed by atoms with van der Waals surface area (Å²) in [6.07, 6.45) is 3.63. The Balaban J connectivity index is 2.58. The van der Waals surface area contributed by atoms with Crippen LogP contribution in [-0.2, 0) is 9.53 Å². The first-order valence-electron chi connectivity index (χ1n) is 7.19. The van der Waals surface area contributed by atoms with Crippen LogP contribution in [0.1, 0.15) is 40.0 Å². The first-order chi connectivity index (χ1) is 8.19. The zero-order valence-corrected chi connectivity index (χ0v) is 12.9. The number of nitrogens with zero attached hydrogens (tertiary/aromatic N) is 1. The van der Waals surface area contributed by atoms with E-state index in [2.05, 4.69) is 20.8 Å². The largest absolute Gasteiger partial charge is 0.458 e. The van der Waals surface area contributed by atoms with Crippen molar-refractivity contribution in [1.29, 1.82) is 0 Å². The zero-order chi connectivity index (χ0) is 13.9. The first kappa shape index (κ1) is 15.5. The summed E-state index contributed by atoms with van der Waals surface area (Å²) in [7, 11) is 6.06. The summed E-state index contributed by atoms with van der Waals surface area (Å²) >= 11 is 0. The molecule has 0 aliphatic heterocycles. The van der Waals surface area contributed by atoms with Crippen LogP contribution < -0.4 is 0 Å². The summed E-state index contributed by atoms with van der Waals surface area (Å²) in [5.41, 5.74) is 0. The van der Waals surface area contributed by atoms with E-state index in [4.69, 9.17) is 4.74 Å². The van der Waals surface area contributed by atoms with Crippen LogP contribution in [0.15, 0.2) is 0 Å². The van der Waals surface area contributed by atoms with Crippen LogP contribution in [0.5, 0.6) is 0 Å². The number of carbonyl (C=O) groups is 1. The van der Waals surface area contributed by atoms with E-state index in [0.29, 0.717) is 28.8 Å². The molecule has 0 N–H and O–H groups in total. The minimum Gasteiger partial charge on any atom is -0.458 e. The molecule has 1 aliphatic rings. The van der Waals surface area contributed by atoms with E-state index in [-0.39, 0.29) is 12.1 Å². The molecule has 1 fully saturated rings. The lowest BCUT2D eigenvalue weighted by atomic mass is 9.75. The highest BCUT2D eigenvalue weighted by molar-refractivity contribution is 5.70. The van der Waals surface area contributed by atoms with Crippen LogP contribution >= 0.6 is 0 Å². The molecule has 0 aromatic rings. The standard InChI is InChI=1S/C15H30NO2/c1-11(2)13-8-7-12(3)9-14(13)18-15(17)10-16(4,5)6/h11-14H,7-10H2,1-6H3/q+1/t12?,13?,14-/m0/s1. The number of esters is 1. The smallest absolute Gasteiger partial charge is 0.362 e. The van der Waals surface area contributed by atoms with Gasteiger partial charge in [-0.1, -0.05) is 27.2 Å². The number of hydrogen-bond acceptors (Lipinski definition) is 2. The lowest BCUT2D eigenvalue weighted by Gasteiger charge is -2.37. The molecule has 0 radical (unpaired) electrons. The molecule has 1 rings (SSSR count). The van der Waals surface area contributed by atoms with E-state index in [1.807, 2.05) is 21.1 Å². The molecular weight excluding hydrogens is 226 g/mol. The van der Waals surface area contributed by atoms with E-state index in [1.165, 1.54) is 12.8 Å². The summed E-state index contributed by atoms with van der Waals surface area (Å²) < 4.78 is 6.39. The van der Waals surface area contributed by atoms with Crippen molar-refractivity contribution < 1.29 is 14.0 Å². The lowest BCUT2D eigenvalue weighted by molar-refractivity contribution is -0.862. The fraction of sp³-hybridized carbons (Fsp3) is 0.933. The van der Waals surface area contributed by atoms with E-state index < -0.39 is 0 Å². The second-order valence-corrected chi connectivity index (χ2v) is 7.30. The molecule has 3 heteroatoms. The van der Waals surface area contributed by atoms with Crippen molar-refractivity contribution >= 4 is 5.97 Å². The molecule has 0 bridgehead atoms. The molecule has 0 heterocycles. The quantitative estimate of drug-likeness (QED) is 0.571. The molecule has 2 unspecified atom stereocenters. The Morgan fingerprint density at radius 3 is 2.39 bits per heavy atom. The third kappa shape index (κ3) is 4.97. The van der Waals surface area contributed by atoms with Crippen LogP contribution in [0.25, 0.3) is 0 Å². The first-order valence-corrected chi connectivity index (χ1v) is 7.19. The van der Waals surface area contributed by atoms with Gasteiger partial charge < -0.3 is 9.22 Å². The van der Waals surface area contributed by atoms with Gasteiger partial charge in [0, 0.05) is 0 Å². The van der Waals surface area contributed by atoms with Crippen LogP contribution in [0.3, 0.4) is 0 Å². The molecule has 1 aliphatic carbocycles. The van der Waals surface area contributed by atoms with E-state index in [1.54, 1.807) is 0 Å². The molecule has 3 nitrogen and oxygen atoms in total. The summed E-state index contributed by atoms with van der Waals surface area (Å²) in [5.74, 6) is 1.77. The maximum atomic E-state index is 12.0. The molecule has 1 saturated carbocycles. The minimum absolute atomic E-state index is 0.0488. The van der Waals surface area contributed by atoms with Gasteiger partial charge in [-0.15, -0.1) is 0 Å². The number of ether oxygens (including phenoxy) is 1. The molecular formula is C15H30NO2+. The van der Waals surface area contributed by atoms with Crippen molar-refractivity contribution in [1.82, 2.24) is 0 Å². The predicted molar refractivity (Wildman–Crippen MR) is 74.1 cm³/mol. The lowest BCUT2D eigenvalue weighted by Crippen LogP contribution is -2.43. The molecule has 0 aromatic carbocycles. The number of hydrogen-bond donors (Lipinski definition) is 0. The van der Waals surface area contributed by atoms with Crippen molar-refractivity contribution in [2.75, 3.05) is 27.7 Å². The van der Waals surface area contributed by atoms with Crippen molar-refractivity contribution in [3.05, 3.63) is 0 Å². The zero-order valence-electron chi connectivity index (χ0n) is 12.9. The Morgan fingerprint density at radius 1 is 1.28 bits per heavy atom. The third-order valence-electron chi connectivity index (χ3n) is 3.85. The van der Waals surface area contributed by atoms with Crippen LogP contribution in [-0.4, -0.2) is 44.2 Å². The van der Waals surface area contributed by atoms with Crippen LogP contribution in [0.2, 0.25) is 0 Å². The van der Waals surface area contributed by atoms with Crippen molar-refractivity contribution in [2.24, 2.45) is 17.8 Å². The Labute approximate surface area is 112 Å². The topological polar surface area (TPSA) is 26.3 Å². The SMILES string of the molecule is CC1CCC(C(C)C)[C@@H](OC(=O)C[N+](C)(C)C)C1. The number of carbonyl (C=O) groups excluding carboxylic acids is 1. The third-order valence-corrected chi connectivity index (χ3v) is 3.85. The van der Waals surface area contributed by atoms with Gasteiger partial charge >= 0.3 is 5.97 Å². The summed E-state index contributed by atoms with van der Waals surface area (Å²) in [6.45, 7) is 7.19. The minimum atomic E-state index is -0.0488. The predicted octanol–water partition coefficient (Wildman–Crippen LogP) is 2.70. The molecule has 3 atom stereocenters. The van der Waals surface area contributed by atoms with Gasteiger partial charge in [0.2, 0.25) is 0 Å². The van der Waals surface area contributed by atoms with Crippen LogP contribution in [0, 0.1) is 17.8 Å². The number of likely N-dealkylation sites (N-methyl/N-ethyl adjacent to an activating group) is 1. The summed E-state index contributed by atoms with van der Waals surface area (Å²) in [4.78, 5) is 12.0. The van der Waals surface area contributed by atoms with Gasteiger partial charge in [0.15, 0.2) is 6.54 Å². The van der Waals surface area contributed by atoms with Crippen molar-refractivity contribution in [3.63, 3.8) is 0 Å². The highest BCUT2D eigenvalue weighted by atomic mass is 16.5. The summed E-state index contributed by atoms with van der Waals surface area (Å²) in [6, 6.07) is 0. The molecule has 0 saturated heterocycles. The van der Waals surface area contributed by atoms with E-state index in [9.17, 15) is 4.79 Å². The van der Waals surface area contributed by atoms with E-state index in [0.717, 1.165) is 6.42 Å². The fourth-order valence-electron chi connectivity index (χ4n) is 2.84. The van der Waals surface area contributed by atoms with Crippen molar-refractivity contribution in [2.45, 2.75) is 46.1 Å². The van der Waals surface area contributed by atoms with Gasteiger partial charge in [-0.25, -0.2) is 4.79 Å². The Morgan fingerprint density at radius 2 is 1.89 bits per heavy atom. The van der Waals surface area contributed by atoms with Gasteiger partial charge in [-0.2, -0.15) is 0 Å². The van der Waals surface area contributed by atoms with E-state index >= 15 is 0 Å². The highest BCUT2D eigenvalue weighted by Crippen LogP contribution is 2.35. The normalized spacial score (nSPS) is 29.4. The Kier molecular flexibility index (Phi) is 5.20. The average Bonchev–Trinajstić information content (AvgIpc) is 2.13. The molecule has 18 heavy (non-hydrogen) atoms. The van der Waals surface area contributed by atoms with Gasteiger partial charge in [0.05, 0.1) is 21.1 Å². The van der Waals surface area contributed by atoms with Gasteiger partial charge in [0.25, 0.3) is 0 Å². The Bertz CT molecular complexity index is 281. The average molecular weight is 256 g/mol. The molecule has 0 aromatic heterocycles.